The number of thiophene rings is 2. The van der Waals surface area contributed by atoms with Gasteiger partial charge in [-0.2, -0.15) is 0 Å². The monoisotopic (exact) mass is 520 g/mol. The van der Waals surface area contributed by atoms with Crippen LogP contribution in [0.1, 0.15) is 43.5 Å². The lowest BCUT2D eigenvalue weighted by Crippen LogP contribution is -2.00. The minimum atomic E-state index is -0.145. The van der Waals surface area contributed by atoms with Gasteiger partial charge in [0.15, 0.2) is 0 Å². The summed E-state index contributed by atoms with van der Waals surface area (Å²) in [5, 5.41) is 0. The van der Waals surface area contributed by atoms with Gasteiger partial charge in [0, 0.05) is 32.4 Å². The van der Waals surface area contributed by atoms with Gasteiger partial charge in [-0.25, -0.2) is 0 Å². The average molecular weight is 521 g/mol. The Morgan fingerprint density at radius 1 is 0.556 bits per heavy atom. The van der Waals surface area contributed by atoms with E-state index in [1.165, 1.54) is 44.9 Å². The highest BCUT2D eigenvalue weighted by Crippen LogP contribution is 2.22. The molecule has 2 heterocycles. The van der Waals surface area contributed by atoms with E-state index in [-0.39, 0.29) is 11.9 Å². The molecule has 0 aliphatic carbocycles. The summed E-state index contributed by atoms with van der Waals surface area (Å²) >= 11 is 3.54. The molecule has 6 heteroatoms. The lowest BCUT2D eigenvalue weighted by Gasteiger charge is -1.98. The molecule has 0 saturated carbocycles. The molecule has 36 heavy (non-hydrogen) atoms. The van der Waals surface area contributed by atoms with Crippen LogP contribution in [0.25, 0.3) is 0 Å². The summed E-state index contributed by atoms with van der Waals surface area (Å²) in [7, 11) is 2.86. The van der Waals surface area contributed by atoms with Crippen LogP contribution in [-0.4, -0.2) is 26.2 Å². The zero-order valence-corrected chi connectivity index (χ0v) is 22.4. The molecule has 2 aromatic heterocycles. The fraction of sp³-hybridized carbons (Fsp3) is 0.267. The summed E-state index contributed by atoms with van der Waals surface area (Å²) in [6, 6.07) is 29.3. The second-order valence-corrected chi connectivity index (χ2v) is 10.7. The molecule has 4 nitrogen and oxygen atoms in total. The first-order valence-corrected chi connectivity index (χ1v) is 13.6. The minimum absolute atomic E-state index is 0.145. The predicted octanol–water partition coefficient (Wildman–Crippen LogP) is 6.89. The Balaban J connectivity index is 0.000000201. The smallest absolute Gasteiger partial charge is 0.305 e. The van der Waals surface area contributed by atoms with Crippen molar-refractivity contribution in [2.75, 3.05) is 14.2 Å². The van der Waals surface area contributed by atoms with Crippen molar-refractivity contribution in [1.82, 2.24) is 0 Å². The lowest BCUT2D eigenvalue weighted by atomic mass is 10.1. The van der Waals surface area contributed by atoms with Gasteiger partial charge < -0.3 is 9.47 Å². The van der Waals surface area contributed by atoms with Crippen molar-refractivity contribution in [3.05, 3.63) is 116 Å². The van der Waals surface area contributed by atoms with E-state index in [2.05, 4.69) is 82.3 Å². The van der Waals surface area contributed by atoms with Crippen molar-refractivity contribution in [3.63, 3.8) is 0 Å². The predicted molar refractivity (Wildman–Crippen MR) is 148 cm³/mol. The number of methoxy groups -OCH3 is 2. The van der Waals surface area contributed by atoms with Gasteiger partial charge in [0.1, 0.15) is 0 Å². The molecule has 0 atom stereocenters. The van der Waals surface area contributed by atoms with E-state index < -0.39 is 0 Å². The third kappa shape index (κ3) is 9.80. The third-order valence-electron chi connectivity index (χ3n) is 5.48. The number of hydrogen-bond acceptors (Lipinski definition) is 6. The van der Waals surface area contributed by atoms with Gasteiger partial charge in [-0.1, -0.05) is 60.7 Å². The van der Waals surface area contributed by atoms with E-state index in [1.54, 1.807) is 22.7 Å². The van der Waals surface area contributed by atoms with Gasteiger partial charge in [-0.05, 0) is 48.2 Å². The van der Waals surface area contributed by atoms with Gasteiger partial charge >= 0.3 is 11.9 Å². The molecule has 0 spiro atoms. The number of aryl methyl sites for hydroxylation is 2. The first-order valence-electron chi connectivity index (χ1n) is 11.9. The standard InChI is InChI=1S/2C15H16O2S/c2*1-17-15(16)10-9-13-7-8-14(18-13)11-12-5-3-2-4-6-12/h2*2-8H,9-11H2,1H3. The number of esters is 2. The maximum atomic E-state index is 11.1. The molecule has 0 fully saturated rings. The van der Waals surface area contributed by atoms with Crippen LogP contribution in [0.5, 0.6) is 0 Å². The first-order chi connectivity index (χ1) is 17.6. The van der Waals surface area contributed by atoms with Gasteiger partial charge in [0.25, 0.3) is 0 Å². The Labute approximate surface area is 221 Å². The van der Waals surface area contributed by atoms with Crippen molar-refractivity contribution < 1.29 is 19.1 Å². The molecule has 4 rings (SSSR count). The number of rotatable bonds is 10. The Hall–Kier alpha value is -3.22. The zero-order valence-electron chi connectivity index (χ0n) is 20.8. The number of carbonyl (C=O) groups excluding carboxylic acids is 2. The fourth-order valence-electron chi connectivity index (χ4n) is 3.55. The molecule has 0 aliphatic rings. The Bertz CT molecular complexity index is 1100. The lowest BCUT2D eigenvalue weighted by molar-refractivity contribution is -0.141. The SMILES string of the molecule is COC(=O)CCc1ccc(Cc2ccccc2)s1.COC(=O)CCc1ccc(Cc2ccccc2)s1. The summed E-state index contributed by atoms with van der Waals surface area (Å²) in [6.07, 6.45) is 4.38. The summed E-state index contributed by atoms with van der Waals surface area (Å²) in [5.41, 5.74) is 2.64. The normalized spacial score (nSPS) is 10.3. The largest absolute Gasteiger partial charge is 0.469 e. The Morgan fingerprint density at radius 2 is 0.917 bits per heavy atom. The van der Waals surface area contributed by atoms with Gasteiger partial charge in [-0.15, -0.1) is 22.7 Å². The molecule has 0 N–H and O–H groups in total. The summed E-state index contributed by atoms with van der Waals surface area (Å²) in [4.78, 5) is 27.3. The number of ether oxygens (including phenoxy) is 2. The second-order valence-electron chi connectivity index (χ2n) is 8.21. The van der Waals surface area contributed by atoms with Crippen molar-refractivity contribution in [2.45, 2.75) is 38.5 Å². The van der Waals surface area contributed by atoms with Gasteiger partial charge in [0.05, 0.1) is 27.1 Å². The number of benzene rings is 2. The van der Waals surface area contributed by atoms with Crippen LogP contribution >= 0.6 is 22.7 Å². The van der Waals surface area contributed by atoms with Gasteiger partial charge in [0.2, 0.25) is 0 Å². The van der Waals surface area contributed by atoms with Crippen LogP contribution in [0.2, 0.25) is 0 Å². The van der Waals surface area contributed by atoms with Crippen molar-refractivity contribution >= 4 is 34.6 Å². The average Bonchev–Trinajstić information content (AvgIpc) is 3.56. The summed E-state index contributed by atoms with van der Waals surface area (Å²) in [5.74, 6) is -0.291. The van der Waals surface area contributed by atoms with E-state index in [4.69, 9.17) is 0 Å². The van der Waals surface area contributed by atoms with Crippen LogP contribution in [0.15, 0.2) is 84.9 Å². The van der Waals surface area contributed by atoms with Gasteiger partial charge in [-0.3, -0.25) is 9.59 Å². The number of carbonyl (C=O) groups is 2. The fourth-order valence-corrected chi connectivity index (χ4v) is 5.66. The molecule has 0 radical (unpaired) electrons. The summed E-state index contributed by atoms with van der Waals surface area (Å²) < 4.78 is 9.28. The first kappa shape index (κ1) is 27.4. The quantitative estimate of drug-likeness (QED) is 0.214. The van der Waals surface area contributed by atoms with Crippen molar-refractivity contribution in [3.8, 4) is 0 Å². The van der Waals surface area contributed by atoms with Crippen molar-refractivity contribution in [2.24, 2.45) is 0 Å². The molecule has 0 unspecified atom stereocenters. The van der Waals surface area contributed by atoms with E-state index in [9.17, 15) is 9.59 Å². The van der Waals surface area contributed by atoms with Crippen LogP contribution in [0.4, 0.5) is 0 Å². The highest BCUT2D eigenvalue weighted by Gasteiger charge is 2.06. The molecule has 0 aliphatic heterocycles. The van der Waals surface area contributed by atoms with E-state index in [0.717, 1.165) is 25.7 Å². The molecule has 2 aromatic carbocycles. The maximum Gasteiger partial charge on any atom is 0.305 e. The minimum Gasteiger partial charge on any atom is -0.469 e. The number of hydrogen-bond donors (Lipinski definition) is 0. The second kappa shape index (κ2) is 15.0. The van der Waals surface area contributed by atoms with Crippen LogP contribution < -0.4 is 0 Å². The van der Waals surface area contributed by atoms with E-state index in [0.29, 0.717) is 12.8 Å². The van der Waals surface area contributed by atoms with E-state index in [1.807, 2.05) is 12.1 Å². The van der Waals surface area contributed by atoms with Crippen LogP contribution in [-0.2, 0) is 44.7 Å². The van der Waals surface area contributed by atoms with Crippen LogP contribution in [0.3, 0.4) is 0 Å². The zero-order chi connectivity index (χ0) is 25.6. The highest BCUT2D eigenvalue weighted by molar-refractivity contribution is 7.12. The van der Waals surface area contributed by atoms with E-state index >= 15 is 0 Å². The molecular formula is C30H32O4S2. The molecule has 0 amide bonds. The van der Waals surface area contributed by atoms with Crippen molar-refractivity contribution in [1.29, 1.82) is 0 Å². The topological polar surface area (TPSA) is 52.6 Å². The summed E-state index contributed by atoms with van der Waals surface area (Å²) in [6.45, 7) is 0. The maximum absolute atomic E-state index is 11.1. The highest BCUT2D eigenvalue weighted by atomic mass is 32.1. The molecular weight excluding hydrogens is 488 g/mol. The molecule has 188 valence electrons. The Kier molecular flexibility index (Phi) is 11.4. The molecule has 0 saturated heterocycles. The third-order valence-corrected chi connectivity index (χ3v) is 7.77. The molecule has 4 aromatic rings. The Morgan fingerprint density at radius 3 is 1.28 bits per heavy atom. The van der Waals surface area contributed by atoms with Crippen LogP contribution in [0, 0.1) is 0 Å². The molecule has 0 bridgehead atoms.